The Morgan fingerprint density at radius 3 is 2.90 bits per heavy atom. The molecular weight excluding hydrogens is 419 g/mol. The van der Waals surface area contributed by atoms with E-state index in [2.05, 4.69) is 19.9 Å². The van der Waals surface area contributed by atoms with Crippen LogP contribution >= 0.6 is 19.4 Å². The number of aromatic nitrogens is 4. The summed E-state index contributed by atoms with van der Waals surface area (Å²) in [7, 11) is -0.187. The van der Waals surface area contributed by atoms with E-state index >= 15 is 0 Å². The van der Waals surface area contributed by atoms with Crippen LogP contribution in [0.1, 0.15) is 13.8 Å². The average Bonchev–Trinajstić information content (AvgIpc) is 3.05. The number of carbonyl (C=O) groups excluding carboxylic acids is 1. The average molecular weight is 444 g/mol. The molecule has 2 aromatic rings. The molecule has 0 aliphatic heterocycles. The first-order valence-electron chi connectivity index (χ1n) is 8.75. The van der Waals surface area contributed by atoms with Crippen molar-refractivity contribution in [2.24, 2.45) is 4.99 Å². The molecule has 11 nitrogen and oxygen atoms in total. The van der Waals surface area contributed by atoms with Crippen LogP contribution in [-0.2, 0) is 25.2 Å². The van der Waals surface area contributed by atoms with Crippen molar-refractivity contribution >= 4 is 47.8 Å². The Labute approximate surface area is 173 Å². The van der Waals surface area contributed by atoms with Gasteiger partial charge in [0.05, 0.1) is 31.9 Å². The number of ether oxygens (including phenoxy) is 1. The van der Waals surface area contributed by atoms with Gasteiger partial charge in [0.2, 0.25) is 0 Å². The second-order valence-electron chi connectivity index (χ2n) is 6.39. The fraction of sp³-hybridized carbons (Fsp3) is 0.562. The van der Waals surface area contributed by atoms with Crippen LogP contribution in [0.25, 0.3) is 11.2 Å². The molecule has 2 aromatic heterocycles. The van der Waals surface area contributed by atoms with Gasteiger partial charge in [-0.2, -0.15) is 0 Å². The summed E-state index contributed by atoms with van der Waals surface area (Å²) in [5.41, 5.74) is 1.14. The third-order valence-corrected chi connectivity index (χ3v) is 5.29. The molecule has 0 bridgehead atoms. The van der Waals surface area contributed by atoms with E-state index < -0.39 is 20.0 Å². The van der Waals surface area contributed by atoms with E-state index in [0.29, 0.717) is 29.3 Å². The van der Waals surface area contributed by atoms with Crippen molar-refractivity contribution in [1.82, 2.24) is 24.4 Å². The van der Waals surface area contributed by atoms with Gasteiger partial charge >= 0.3 is 7.60 Å². The lowest BCUT2D eigenvalue weighted by atomic mass is 10.4. The number of aliphatic imine (C=N–C) groups is 1. The van der Waals surface area contributed by atoms with Crippen molar-refractivity contribution in [2.75, 3.05) is 32.8 Å². The molecule has 0 saturated heterocycles. The van der Waals surface area contributed by atoms with Crippen molar-refractivity contribution < 1.29 is 23.5 Å². The van der Waals surface area contributed by atoms with Crippen LogP contribution in [0.3, 0.4) is 0 Å². The molecule has 1 N–H and O–H groups in total. The van der Waals surface area contributed by atoms with E-state index in [9.17, 15) is 14.3 Å². The second kappa shape index (κ2) is 10.8. The monoisotopic (exact) mass is 444 g/mol. The molecule has 0 aliphatic rings. The van der Waals surface area contributed by atoms with E-state index in [-0.39, 0.29) is 11.7 Å². The Balaban J connectivity index is 1.93. The molecule has 160 valence electrons. The number of hydrogen-bond donors (Lipinski definition) is 1. The molecule has 13 heteroatoms. The minimum Gasteiger partial charge on any atom is -0.369 e. The summed E-state index contributed by atoms with van der Waals surface area (Å²) < 4.78 is 24.2. The van der Waals surface area contributed by atoms with Gasteiger partial charge < -0.3 is 23.6 Å². The first kappa shape index (κ1) is 23.4. The molecule has 0 radical (unpaired) electrons. The first-order chi connectivity index (χ1) is 13.7. The molecule has 2 heterocycles. The molecule has 1 unspecified atom stereocenters. The third kappa shape index (κ3) is 7.82. The van der Waals surface area contributed by atoms with Gasteiger partial charge in [-0.25, -0.2) is 19.9 Å². The van der Waals surface area contributed by atoms with Gasteiger partial charge in [0.25, 0.3) is 0 Å². The zero-order chi connectivity index (χ0) is 21.4. The lowest BCUT2D eigenvalue weighted by molar-refractivity contribution is -0.109. The maximum Gasteiger partial charge on any atom is 0.353 e. The van der Waals surface area contributed by atoms with Crippen LogP contribution in [-0.4, -0.2) is 79.7 Å². The molecule has 0 fully saturated rings. The van der Waals surface area contributed by atoms with E-state index in [1.165, 1.54) is 13.3 Å². The smallest absolute Gasteiger partial charge is 0.353 e. The van der Waals surface area contributed by atoms with Crippen LogP contribution in [0.5, 0.6) is 0 Å². The summed E-state index contributed by atoms with van der Waals surface area (Å²) in [6.45, 7) is 3.56. The molecule has 0 aliphatic carbocycles. The number of hydrogen-bond acceptors (Lipinski definition) is 9. The van der Waals surface area contributed by atoms with Crippen molar-refractivity contribution in [1.29, 1.82) is 0 Å². The third-order valence-electron chi connectivity index (χ3n) is 3.45. The summed E-state index contributed by atoms with van der Waals surface area (Å²) in [6.07, 6.45) is 3.79. The molecular formula is C16H25N6O5PS. The normalized spacial score (nSPS) is 14.9. The molecule has 0 spiro atoms. The van der Waals surface area contributed by atoms with Gasteiger partial charge in [-0.15, -0.1) is 0 Å². The summed E-state index contributed by atoms with van der Waals surface area (Å²) in [4.78, 5) is 39.4. The van der Waals surface area contributed by atoms with Crippen molar-refractivity contribution in [3.63, 3.8) is 0 Å². The zero-order valence-electron chi connectivity index (χ0n) is 16.8. The lowest BCUT2D eigenvalue weighted by Gasteiger charge is -2.17. The quantitative estimate of drug-likeness (QED) is 0.237. The Morgan fingerprint density at radius 2 is 2.21 bits per heavy atom. The number of nitrogens with zero attached hydrogens (tertiary/aromatic N) is 6. The van der Waals surface area contributed by atoms with Crippen molar-refractivity contribution in [3.8, 4) is 0 Å². The molecule has 0 amide bonds. The summed E-state index contributed by atoms with van der Waals surface area (Å²) in [5, 5.41) is -0.0711. The van der Waals surface area contributed by atoms with Gasteiger partial charge in [-0.1, -0.05) is 11.8 Å². The fourth-order valence-electron chi connectivity index (χ4n) is 2.22. The Kier molecular flexibility index (Phi) is 8.72. The number of thioether (sulfide) groups is 1. The number of rotatable bonds is 11. The number of fused-ring (bicyclic) bond motifs is 1. The van der Waals surface area contributed by atoms with Crippen LogP contribution in [0.2, 0.25) is 0 Å². The first-order valence-corrected chi connectivity index (χ1v) is 11.5. The van der Waals surface area contributed by atoms with E-state index in [4.69, 9.17) is 9.26 Å². The van der Waals surface area contributed by atoms with Crippen molar-refractivity contribution in [3.05, 3.63) is 12.7 Å². The Hall–Kier alpha value is -1.85. The van der Waals surface area contributed by atoms with Crippen molar-refractivity contribution in [2.45, 2.75) is 26.5 Å². The highest BCUT2D eigenvalue weighted by Gasteiger charge is 2.22. The van der Waals surface area contributed by atoms with Gasteiger partial charge in [0, 0.05) is 26.8 Å². The minimum absolute atomic E-state index is 0.00487. The summed E-state index contributed by atoms with van der Waals surface area (Å²) in [5.74, 6) is 0.766. The maximum absolute atomic E-state index is 12.0. The van der Waals surface area contributed by atoms with E-state index in [0.717, 1.165) is 11.8 Å². The van der Waals surface area contributed by atoms with Gasteiger partial charge in [0.1, 0.15) is 12.7 Å². The maximum atomic E-state index is 12.0. The molecule has 29 heavy (non-hydrogen) atoms. The SMILES string of the molecule is CC(=O)SCCOP(=O)(O)CO[C@H](C)Cn1cnc2c(/N=C\N(C)C)ncnc21. The van der Waals surface area contributed by atoms with Crippen LogP contribution in [0.15, 0.2) is 17.6 Å². The second-order valence-corrected chi connectivity index (χ2v) is 9.45. The fourth-order valence-corrected chi connectivity index (χ4v) is 3.69. The highest BCUT2D eigenvalue weighted by atomic mass is 32.2. The minimum atomic E-state index is -3.89. The largest absolute Gasteiger partial charge is 0.369 e. The number of carbonyl (C=O) groups is 1. The van der Waals surface area contributed by atoms with Gasteiger partial charge in [-0.05, 0) is 6.92 Å². The summed E-state index contributed by atoms with van der Waals surface area (Å²) in [6, 6.07) is 0. The predicted molar refractivity (Wildman–Crippen MR) is 111 cm³/mol. The molecule has 0 aromatic carbocycles. The number of imidazole rings is 1. The van der Waals surface area contributed by atoms with Crippen LogP contribution < -0.4 is 0 Å². The van der Waals surface area contributed by atoms with Gasteiger partial charge in [0.15, 0.2) is 22.1 Å². The molecule has 0 saturated carbocycles. The van der Waals surface area contributed by atoms with Crippen LogP contribution in [0, 0.1) is 0 Å². The highest BCUT2D eigenvalue weighted by Crippen LogP contribution is 2.42. The van der Waals surface area contributed by atoms with E-state index in [1.54, 1.807) is 29.1 Å². The highest BCUT2D eigenvalue weighted by molar-refractivity contribution is 8.13. The molecule has 2 atom stereocenters. The zero-order valence-corrected chi connectivity index (χ0v) is 18.5. The predicted octanol–water partition coefficient (Wildman–Crippen LogP) is 1.89. The Morgan fingerprint density at radius 1 is 1.45 bits per heavy atom. The van der Waals surface area contributed by atoms with E-state index in [1.807, 2.05) is 14.1 Å². The summed E-state index contributed by atoms with van der Waals surface area (Å²) >= 11 is 1.03. The standard InChI is InChI=1S/C16H25N6O5PS/c1-12(26-11-28(24,25)27-5-6-29-13(2)23)7-22-10-19-14-15(20-9-21(3)4)17-8-18-16(14)22/h8-10,12H,5-7,11H2,1-4H3,(H,24,25)/b20-9-/t12-/m1/s1. The molecule has 2 rings (SSSR count). The lowest BCUT2D eigenvalue weighted by Crippen LogP contribution is -2.17. The van der Waals surface area contributed by atoms with Gasteiger partial charge in [-0.3, -0.25) is 9.36 Å². The topological polar surface area (TPSA) is 132 Å². The van der Waals surface area contributed by atoms with Crippen LogP contribution in [0.4, 0.5) is 5.82 Å². The Bertz CT molecular complexity index is 905.